The lowest BCUT2D eigenvalue weighted by Gasteiger charge is -2.42. The van der Waals surface area contributed by atoms with Crippen molar-refractivity contribution >= 4 is 0 Å². The molecule has 1 heterocycles. The van der Waals surface area contributed by atoms with Crippen molar-refractivity contribution in [3.63, 3.8) is 0 Å². The zero-order valence-electron chi connectivity index (χ0n) is 15.3. The fourth-order valence-electron chi connectivity index (χ4n) is 3.50. The molecule has 3 nitrogen and oxygen atoms in total. The molecule has 1 N–H and O–H groups in total. The Labute approximate surface area is 142 Å². The molecule has 2 rings (SSSR count). The van der Waals surface area contributed by atoms with Gasteiger partial charge in [0.2, 0.25) is 0 Å². The minimum absolute atomic E-state index is 0.288. The summed E-state index contributed by atoms with van der Waals surface area (Å²) < 4.78 is 0. The molecular formula is C20H34N2O. The largest absolute Gasteiger partial charge is 0.396 e. The lowest BCUT2D eigenvalue weighted by Crippen LogP contribution is -2.53. The third-order valence-electron chi connectivity index (χ3n) is 4.80. The zero-order chi connectivity index (χ0) is 16.8. The van der Waals surface area contributed by atoms with Crippen molar-refractivity contribution in [3.8, 4) is 0 Å². The van der Waals surface area contributed by atoms with E-state index in [2.05, 4.69) is 61.8 Å². The van der Waals surface area contributed by atoms with Crippen LogP contribution in [0, 0.1) is 5.92 Å². The quantitative estimate of drug-likeness (QED) is 0.835. The molecule has 23 heavy (non-hydrogen) atoms. The molecule has 0 aliphatic carbocycles. The van der Waals surface area contributed by atoms with Crippen LogP contribution in [0.5, 0.6) is 0 Å². The number of aliphatic hydroxyl groups excluding tert-OH is 1. The summed E-state index contributed by atoms with van der Waals surface area (Å²) in [4.78, 5) is 5.11. The summed E-state index contributed by atoms with van der Waals surface area (Å²) in [5, 5.41) is 9.38. The minimum Gasteiger partial charge on any atom is -0.396 e. The van der Waals surface area contributed by atoms with Gasteiger partial charge >= 0.3 is 0 Å². The highest BCUT2D eigenvalue weighted by molar-refractivity contribution is 5.24. The van der Waals surface area contributed by atoms with Crippen LogP contribution in [0.4, 0.5) is 0 Å². The molecule has 0 radical (unpaired) electrons. The van der Waals surface area contributed by atoms with Crippen molar-refractivity contribution in [2.75, 3.05) is 32.8 Å². The molecule has 1 aromatic rings. The van der Waals surface area contributed by atoms with Crippen molar-refractivity contribution in [2.24, 2.45) is 5.92 Å². The van der Waals surface area contributed by atoms with Gasteiger partial charge in [0.1, 0.15) is 0 Å². The molecule has 1 atom stereocenters. The Morgan fingerprint density at radius 3 is 2.35 bits per heavy atom. The van der Waals surface area contributed by atoms with Gasteiger partial charge in [0, 0.05) is 45.4 Å². The lowest BCUT2D eigenvalue weighted by atomic mass is 10.0. The van der Waals surface area contributed by atoms with E-state index in [1.807, 2.05) is 0 Å². The van der Waals surface area contributed by atoms with Crippen LogP contribution in [-0.4, -0.2) is 53.7 Å². The van der Waals surface area contributed by atoms with Crippen molar-refractivity contribution < 1.29 is 5.11 Å². The number of nitrogens with zero attached hydrogens (tertiary/aromatic N) is 2. The summed E-state index contributed by atoms with van der Waals surface area (Å²) in [7, 11) is 0. The van der Waals surface area contributed by atoms with Gasteiger partial charge in [-0.15, -0.1) is 0 Å². The Kier molecular flexibility index (Phi) is 7.07. The van der Waals surface area contributed by atoms with Crippen LogP contribution in [0.1, 0.15) is 51.2 Å². The van der Waals surface area contributed by atoms with Crippen LogP contribution >= 0.6 is 0 Å². The molecule has 0 spiro atoms. The molecule has 1 fully saturated rings. The Hall–Kier alpha value is -0.900. The Morgan fingerprint density at radius 1 is 1.09 bits per heavy atom. The first-order valence-corrected chi connectivity index (χ1v) is 9.15. The maximum Gasteiger partial charge on any atom is 0.0446 e. The van der Waals surface area contributed by atoms with E-state index in [0.29, 0.717) is 17.9 Å². The molecule has 0 aromatic heterocycles. The molecule has 130 valence electrons. The van der Waals surface area contributed by atoms with Crippen LogP contribution in [0.2, 0.25) is 0 Å². The minimum atomic E-state index is 0.288. The Bertz CT molecular complexity index is 455. The molecule has 0 saturated carbocycles. The highest BCUT2D eigenvalue weighted by atomic mass is 16.3. The van der Waals surface area contributed by atoms with Crippen LogP contribution in [0.3, 0.4) is 0 Å². The van der Waals surface area contributed by atoms with Crippen LogP contribution in [0.25, 0.3) is 0 Å². The summed E-state index contributed by atoms with van der Waals surface area (Å²) >= 11 is 0. The SMILES string of the molecule is CC(C)CN1CCN(Cc2ccc(C(C)C)cc2)C[C@@H]1CCO. The van der Waals surface area contributed by atoms with E-state index in [9.17, 15) is 5.11 Å². The third kappa shape index (κ3) is 5.59. The van der Waals surface area contributed by atoms with Crippen LogP contribution < -0.4 is 0 Å². The number of hydrogen-bond acceptors (Lipinski definition) is 3. The summed E-state index contributed by atoms with van der Waals surface area (Å²) in [5.41, 5.74) is 2.81. The first-order chi connectivity index (χ1) is 11.0. The molecule has 0 bridgehead atoms. The molecule has 0 amide bonds. The third-order valence-corrected chi connectivity index (χ3v) is 4.80. The second-order valence-corrected chi connectivity index (χ2v) is 7.69. The van der Waals surface area contributed by atoms with Gasteiger partial charge in [0.25, 0.3) is 0 Å². The molecule has 1 aliphatic rings. The highest BCUT2D eigenvalue weighted by Crippen LogP contribution is 2.19. The predicted octanol–water partition coefficient (Wildman–Crippen LogP) is 3.33. The van der Waals surface area contributed by atoms with E-state index >= 15 is 0 Å². The standard InChI is InChI=1S/C20H34N2O/c1-16(2)13-22-11-10-21(15-20(22)9-12-23)14-18-5-7-19(8-6-18)17(3)4/h5-8,16-17,20,23H,9-15H2,1-4H3/t20-/m0/s1. The van der Waals surface area contributed by atoms with Crippen molar-refractivity contribution in [1.82, 2.24) is 9.80 Å². The fraction of sp³-hybridized carbons (Fsp3) is 0.700. The summed E-state index contributed by atoms with van der Waals surface area (Å²) in [5.74, 6) is 1.28. The van der Waals surface area contributed by atoms with Crippen molar-refractivity contribution in [1.29, 1.82) is 0 Å². The van der Waals surface area contributed by atoms with Gasteiger partial charge < -0.3 is 5.11 Å². The van der Waals surface area contributed by atoms with Gasteiger partial charge in [-0.1, -0.05) is 52.0 Å². The maximum absolute atomic E-state index is 9.38. The Balaban J connectivity index is 1.93. The van der Waals surface area contributed by atoms with Gasteiger partial charge in [-0.3, -0.25) is 9.80 Å². The van der Waals surface area contributed by atoms with Crippen LogP contribution in [-0.2, 0) is 6.54 Å². The van der Waals surface area contributed by atoms with E-state index in [4.69, 9.17) is 0 Å². The van der Waals surface area contributed by atoms with E-state index < -0.39 is 0 Å². The maximum atomic E-state index is 9.38. The topological polar surface area (TPSA) is 26.7 Å². The molecule has 1 saturated heterocycles. The van der Waals surface area contributed by atoms with E-state index in [1.54, 1.807) is 0 Å². The predicted molar refractivity (Wildman–Crippen MR) is 97.7 cm³/mol. The molecule has 1 aliphatic heterocycles. The van der Waals surface area contributed by atoms with Crippen molar-refractivity contribution in [3.05, 3.63) is 35.4 Å². The molecule has 0 unspecified atom stereocenters. The monoisotopic (exact) mass is 318 g/mol. The second kappa shape index (κ2) is 8.81. The lowest BCUT2D eigenvalue weighted by molar-refractivity contribution is 0.0477. The summed E-state index contributed by atoms with van der Waals surface area (Å²) in [6.45, 7) is 14.8. The summed E-state index contributed by atoms with van der Waals surface area (Å²) in [6, 6.07) is 9.57. The molecular weight excluding hydrogens is 284 g/mol. The number of benzene rings is 1. The molecule has 1 aromatic carbocycles. The van der Waals surface area contributed by atoms with E-state index in [0.717, 1.165) is 39.1 Å². The average molecular weight is 319 g/mol. The van der Waals surface area contributed by atoms with Crippen molar-refractivity contribution in [2.45, 2.75) is 52.6 Å². The smallest absolute Gasteiger partial charge is 0.0446 e. The van der Waals surface area contributed by atoms with E-state index in [-0.39, 0.29) is 6.61 Å². The van der Waals surface area contributed by atoms with Gasteiger partial charge in [0.15, 0.2) is 0 Å². The van der Waals surface area contributed by atoms with Gasteiger partial charge in [-0.2, -0.15) is 0 Å². The van der Waals surface area contributed by atoms with E-state index in [1.165, 1.54) is 11.1 Å². The second-order valence-electron chi connectivity index (χ2n) is 7.69. The van der Waals surface area contributed by atoms with Crippen LogP contribution in [0.15, 0.2) is 24.3 Å². The number of aliphatic hydroxyl groups is 1. The Morgan fingerprint density at radius 2 is 1.78 bits per heavy atom. The fourth-order valence-corrected chi connectivity index (χ4v) is 3.50. The average Bonchev–Trinajstić information content (AvgIpc) is 2.50. The first-order valence-electron chi connectivity index (χ1n) is 9.15. The number of piperazine rings is 1. The first kappa shape index (κ1) is 18.4. The summed E-state index contributed by atoms with van der Waals surface area (Å²) in [6.07, 6.45) is 0.884. The zero-order valence-corrected chi connectivity index (χ0v) is 15.3. The van der Waals surface area contributed by atoms with Gasteiger partial charge in [0.05, 0.1) is 0 Å². The van der Waals surface area contributed by atoms with Gasteiger partial charge in [-0.05, 0) is 29.4 Å². The number of rotatable bonds is 7. The normalized spacial score (nSPS) is 20.6. The highest BCUT2D eigenvalue weighted by Gasteiger charge is 2.26. The number of hydrogen-bond donors (Lipinski definition) is 1. The van der Waals surface area contributed by atoms with Gasteiger partial charge in [-0.25, -0.2) is 0 Å². The molecule has 3 heteroatoms.